The molecule has 138 valence electrons. The van der Waals surface area contributed by atoms with Gasteiger partial charge < -0.3 is 9.80 Å². The molecular weight excluding hydrogens is 350 g/mol. The van der Waals surface area contributed by atoms with Gasteiger partial charge in [-0.15, -0.1) is 11.3 Å². The van der Waals surface area contributed by atoms with E-state index in [9.17, 15) is 9.59 Å². The first-order valence-corrected chi connectivity index (χ1v) is 9.93. The minimum Gasteiger partial charge on any atom is -0.335 e. The minimum atomic E-state index is 0.0307. The Hall–Kier alpha value is -2.22. The lowest BCUT2D eigenvalue weighted by molar-refractivity contribution is 0.0536. The highest BCUT2D eigenvalue weighted by Crippen LogP contribution is 2.22. The average Bonchev–Trinajstić information content (AvgIpc) is 3.23. The number of hydrogen-bond acceptors (Lipinski definition) is 5. The van der Waals surface area contributed by atoms with Crippen LogP contribution in [0.5, 0.6) is 0 Å². The molecule has 0 aliphatic carbocycles. The van der Waals surface area contributed by atoms with E-state index >= 15 is 0 Å². The van der Waals surface area contributed by atoms with Crippen molar-refractivity contribution >= 4 is 23.2 Å². The molecule has 2 aliphatic rings. The molecule has 0 spiro atoms. The van der Waals surface area contributed by atoms with Gasteiger partial charge in [0.25, 0.3) is 11.8 Å². The number of nitrogens with zero attached hydrogens (tertiary/aromatic N) is 5. The quantitative estimate of drug-likeness (QED) is 0.806. The van der Waals surface area contributed by atoms with Gasteiger partial charge in [-0.3, -0.25) is 14.3 Å². The first-order chi connectivity index (χ1) is 12.5. The van der Waals surface area contributed by atoms with Crippen molar-refractivity contribution in [2.24, 2.45) is 0 Å². The highest BCUT2D eigenvalue weighted by molar-refractivity contribution is 7.13. The Morgan fingerprint density at radius 1 is 1.00 bits per heavy atom. The van der Waals surface area contributed by atoms with Crippen molar-refractivity contribution in [1.82, 2.24) is 24.6 Å². The fourth-order valence-corrected chi connectivity index (χ4v) is 4.64. The number of fused-ring (bicyclic) bond motifs is 1. The zero-order valence-electron chi connectivity index (χ0n) is 15.2. The summed E-state index contributed by atoms with van der Waals surface area (Å²) in [5.41, 5.74) is 2.59. The summed E-state index contributed by atoms with van der Waals surface area (Å²) in [5.74, 6) is 0.0770. The Bertz CT molecular complexity index is 848. The van der Waals surface area contributed by atoms with Crippen molar-refractivity contribution in [2.45, 2.75) is 39.7 Å². The van der Waals surface area contributed by atoms with E-state index in [2.05, 4.69) is 10.1 Å². The van der Waals surface area contributed by atoms with E-state index in [1.54, 1.807) is 6.20 Å². The summed E-state index contributed by atoms with van der Waals surface area (Å²) in [6.45, 7) is 6.93. The van der Waals surface area contributed by atoms with Crippen molar-refractivity contribution in [1.29, 1.82) is 0 Å². The van der Waals surface area contributed by atoms with Crippen LogP contribution in [0.3, 0.4) is 0 Å². The van der Waals surface area contributed by atoms with Gasteiger partial charge in [-0.25, -0.2) is 4.98 Å². The van der Waals surface area contributed by atoms with Crippen LogP contribution in [0.25, 0.3) is 0 Å². The summed E-state index contributed by atoms with van der Waals surface area (Å²) >= 11 is 1.44. The highest BCUT2D eigenvalue weighted by atomic mass is 32.1. The molecule has 7 nitrogen and oxygen atoms in total. The van der Waals surface area contributed by atoms with E-state index < -0.39 is 0 Å². The number of rotatable bonds is 2. The van der Waals surface area contributed by atoms with Crippen LogP contribution in [-0.2, 0) is 13.0 Å². The first-order valence-electron chi connectivity index (χ1n) is 9.12. The van der Waals surface area contributed by atoms with Gasteiger partial charge in [-0.2, -0.15) is 5.10 Å². The zero-order valence-corrected chi connectivity index (χ0v) is 16.0. The molecule has 0 unspecified atom stereocenters. The van der Waals surface area contributed by atoms with Crippen LogP contribution >= 0.6 is 11.3 Å². The summed E-state index contributed by atoms with van der Waals surface area (Å²) in [5, 5.41) is 5.27. The van der Waals surface area contributed by atoms with Gasteiger partial charge in [0.05, 0.1) is 28.2 Å². The molecule has 2 amide bonds. The van der Waals surface area contributed by atoms with Gasteiger partial charge in [-0.1, -0.05) is 0 Å². The normalized spacial score (nSPS) is 17.3. The summed E-state index contributed by atoms with van der Waals surface area (Å²) < 4.78 is 1.96. The van der Waals surface area contributed by atoms with Crippen LogP contribution in [0.2, 0.25) is 0 Å². The second-order valence-electron chi connectivity index (χ2n) is 6.92. The molecule has 1 fully saturated rings. The summed E-state index contributed by atoms with van der Waals surface area (Å²) in [7, 11) is 0. The van der Waals surface area contributed by atoms with E-state index in [4.69, 9.17) is 0 Å². The van der Waals surface area contributed by atoms with E-state index in [1.807, 2.05) is 28.3 Å². The van der Waals surface area contributed by atoms with Crippen LogP contribution in [0, 0.1) is 13.8 Å². The molecule has 0 aromatic carbocycles. The molecule has 0 N–H and O–H groups in total. The largest absolute Gasteiger partial charge is 0.335 e. The summed E-state index contributed by atoms with van der Waals surface area (Å²) in [6, 6.07) is 0. The number of hydrogen-bond donors (Lipinski definition) is 0. The third-order valence-corrected chi connectivity index (χ3v) is 6.23. The maximum atomic E-state index is 12.9. The lowest BCUT2D eigenvalue weighted by atomic mass is 10.1. The lowest BCUT2D eigenvalue weighted by Crippen LogP contribution is -2.50. The molecule has 4 heterocycles. The van der Waals surface area contributed by atoms with Crippen molar-refractivity contribution in [3.05, 3.63) is 33.0 Å². The maximum absolute atomic E-state index is 12.9. The molecular formula is C18H23N5O2S. The van der Waals surface area contributed by atoms with E-state index in [-0.39, 0.29) is 11.8 Å². The molecule has 2 aromatic heterocycles. The van der Waals surface area contributed by atoms with Crippen molar-refractivity contribution in [2.75, 3.05) is 26.2 Å². The molecule has 2 aromatic rings. The van der Waals surface area contributed by atoms with Gasteiger partial charge in [0, 0.05) is 32.7 Å². The number of carbonyl (C=O) groups is 2. The zero-order chi connectivity index (χ0) is 18.3. The smallest absolute Gasteiger partial charge is 0.265 e. The average molecular weight is 373 g/mol. The second-order valence-corrected chi connectivity index (χ2v) is 8.12. The highest BCUT2D eigenvalue weighted by Gasteiger charge is 2.29. The lowest BCUT2D eigenvalue weighted by Gasteiger charge is -2.34. The Labute approximate surface area is 156 Å². The fourth-order valence-electron chi connectivity index (χ4n) is 3.76. The maximum Gasteiger partial charge on any atom is 0.265 e. The van der Waals surface area contributed by atoms with Crippen LogP contribution in [0.15, 0.2) is 6.20 Å². The van der Waals surface area contributed by atoms with E-state index in [0.717, 1.165) is 47.8 Å². The third kappa shape index (κ3) is 3.02. The molecule has 8 heteroatoms. The molecule has 26 heavy (non-hydrogen) atoms. The predicted molar refractivity (Wildman–Crippen MR) is 98.6 cm³/mol. The molecule has 0 saturated carbocycles. The fraction of sp³-hybridized carbons (Fsp3) is 0.556. The summed E-state index contributed by atoms with van der Waals surface area (Å²) in [6.07, 6.45) is 4.87. The minimum absolute atomic E-state index is 0.0307. The van der Waals surface area contributed by atoms with Gasteiger partial charge in [0.1, 0.15) is 4.88 Å². The molecule has 0 bridgehead atoms. The molecule has 4 rings (SSSR count). The number of amides is 2. The third-order valence-electron chi connectivity index (χ3n) is 5.16. The van der Waals surface area contributed by atoms with Gasteiger partial charge >= 0.3 is 0 Å². The standard InChI is InChI=1S/C18H23N5O2S/c1-12-16(26-13(2)20-12)18(25)22-9-7-21(8-10-22)17(24)14-11-19-23-6-4-3-5-15(14)23/h11H,3-10H2,1-2H3. The van der Waals surface area contributed by atoms with E-state index in [0.29, 0.717) is 31.1 Å². The first kappa shape index (κ1) is 17.2. The van der Waals surface area contributed by atoms with Crippen LogP contribution in [0.4, 0.5) is 0 Å². The Morgan fingerprint density at radius 2 is 1.69 bits per heavy atom. The number of carbonyl (C=O) groups excluding carboxylic acids is 2. The number of aryl methyl sites for hydroxylation is 3. The topological polar surface area (TPSA) is 71.3 Å². The predicted octanol–water partition coefficient (Wildman–Crippen LogP) is 1.89. The van der Waals surface area contributed by atoms with Crippen LogP contribution in [0.1, 0.15) is 49.3 Å². The number of thiazole rings is 1. The van der Waals surface area contributed by atoms with Crippen molar-refractivity contribution < 1.29 is 9.59 Å². The van der Waals surface area contributed by atoms with E-state index in [1.165, 1.54) is 11.3 Å². The SMILES string of the molecule is Cc1nc(C)c(C(=O)N2CCN(C(=O)c3cnn4c3CCCC4)CC2)s1. The van der Waals surface area contributed by atoms with Gasteiger partial charge in [0.15, 0.2) is 0 Å². The second kappa shape index (κ2) is 6.83. The molecule has 2 aliphatic heterocycles. The monoisotopic (exact) mass is 373 g/mol. The van der Waals surface area contributed by atoms with Crippen molar-refractivity contribution in [3.63, 3.8) is 0 Å². The van der Waals surface area contributed by atoms with Crippen LogP contribution in [-0.4, -0.2) is 62.6 Å². The van der Waals surface area contributed by atoms with Gasteiger partial charge in [0.2, 0.25) is 0 Å². The summed E-state index contributed by atoms with van der Waals surface area (Å²) in [4.78, 5) is 34.3. The Balaban J connectivity index is 1.42. The Morgan fingerprint density at radius 3 is 2.35 bits per heavy atom. The Kier molecular flexibility index (Phi) is 4.52. The van der Waals surface area contributed by atoms with Crippen molar-refractivity contribution in [3.8, 4) is 0 Å². The number of aromatic nitrogens is 3. The van der Waals surface area contributed by atoms with Gasteiger partial charge in [-0.05, 0) is 33.1 Å². The molecule has 1 saturated heterocycles. The number of piperazine rings is 1. The van der Waals surface area contributed by atoms with Crippen LogP contribution < -0.4 is 0 Å². The molecule has 0 radical (unpaired) electrons. The molecule has 0 atom stereocenters.